The maximum Gasteiger partial charge on any atom is 0.346 e. The molecule has 1 heterocycles. The molecule has 0 aliphatic heterocycles. The second-order valence-corrected chi connectivity index (χ2v) is 4.34. The molecule has 2 rings (SSSR count). The normalized spacial score (nSPS) is 10.3. The number of halogens is 2. The summed E-state index contributed by atoms with van der Waals surface area (Å²) in [5.41, 5.74) is 0.427. The molecule has 0 atom stereocenters. The maximum absolute atomic E-state index is 13.3. The van der Waals surface area contributed by atoms with Gasteiger partial charge in [-0.2, -0.15) is 4.39 Å². The van der Waals surface area contributed by atoms with E-state index in [-0.39, 0.29) is 17.2 Å². The predicted molar refractivity (Wildman–Crippen MR) is 62.0 cm³/mol. The van der Waals surface area contributed by atoms with Crippen LogP contribution < -0.4 is 4.74 Å². The number of hydrogen-bond donors (Lipinski definition) is 1. The van der Waals surface area contributed by atoms with Crippen LogP contribution in [0.4, 0.5) is 8.78 Å². The van der Waals surface area contributed by atoms with Gasteiger partial charge in [0.2, 0.25) is 5.82 Å². The second kappa shape index (κ2) is 5.14. The van der Waals surface area contributed by atoms with Gasteiger partial charge in [-0.1, -0.05) is 6.07 Å². The van der Waals surface area contributed by atoms with E-state index in [1.165, 1.54) is 12.1 Å². The van der Waals surface area contributed by atoms with Gasteiger partial charge >= 0.3 is 5.97 Å². The SMILES string of the molecule is O=C(O)c1sccc1COc1cccc(F)c1F. The van der Waals surface area contributed by atoms with Gasteiger partial charge in [0.25, 0.3) is 0 Å². The van der Waals surface area contributed by atoms with Crippen LogP contribution in [0.2, 0.25) is 0 Å². The smallest absolute Gasteiger partial charge is 0.346 e. The highest BCUT2D eigenvalue weighted by atomic mass is 32.1. The van der Waals surface area contributed by atoms with Crippen LogP contribution >= 0.6 is 11.3 Å². The van der Waals surface area contributed by atoms with Crippen molar-refractivity contribution < 1.29 is 23.4 Å². The zero-order chi connectivity index (χ0) is 13.1. The lowest BCUT2D eigenvalue weighted by Gasteiger charge is -2.07. The van der Waals surface area contributed by atoms with Crippen LogP contribution in [0.1, 0.15) is 15.2 Å². The van der Waals surface area contributed by atoms with Crippen molar-refractivity contribution in [2.24, 2.45) is 0 Å². The van der Waals surface area contributed by atoms with Gasteiger partial charge < -0.3 is 9.84 Å². The first-order valence-corrected chi connectivity index (χ1v) is 5.84. The van der Waals surface area contributed by atoms with Crippen LogP contribution in [0, 0.1) is 11.6 Å². The molecule has 1 aromatic heterocycles. The van der Waals surface area contributed by atoms with E-state index >= 15 is 0 Å². The van der Waals surface area contributed by atoms with Gasteiger partial charge in [0.05, 0.1) is 0 Å². The minimum absolute atomic E-state index is 0.120. The van der Waals surface area contributed by atoms with E-state index in [1.807, 2.05) is 0 Å². The van der Waals surface area contributed by atoms with Crippen molar-refractivity contribution in [1.29, 1.82) is 0 Å². The highest BCUT2D eigenvalue weighted by Gasteiger charge is 2.14. The number of rotatable bonds is 4. The largest absolute Gasteiger partial charge is 0.486 e. The molecule has 0 saturated carbocycles. The molecule has 0 spiro atoms. The highest BCUT2D eigenvalue weighted by molar-refractivity contribution is 7.12. The molecule has 0 unspecified atom stereocenters. The van der Waals surface area contributed by atoms with Crippen molar-refractivity contribution in [2.45, 2.75) is 6.61 Å². The van der Waals surface area contributed by atoms with E-state index in [1.54, 1.807) is 11.4 Å². The number of benzene rings is 1. The molecule has 6 heteroatoms. The first-order chi connectivity index (χ1) is 8.59. The topological polar surface area (TPSA) is 46.5 Å². The van der Waals surface area contributed by atoms with Gasteiger partial charge in [0.15, 0.2) is 11.6 Å². The summed E-state index contributed by atoms with van der Waals surface area (Å²) in [6.45, 7) is -0.120. The Labute approximate surface area is 105 Å². The van der Waals surface area contributed by atoms with Crippen LogP contribution in [0.15, 0.2) is 29.6 Å². The Kier molecular flexibility index (Phi) is 3.57. The molecular weight excluding hydrogens is 262 g/mol. The molecule has 1 aromatic carbocycles. The van der Waals surface area contributed by atoms with Crippen molar-refractivity contribution in [3.05, 3.63) is 51.7 Å². The third-order valence-corrected chi connectivity index (χ3v) is 3.19. The molecule has 0 radical (unpaired) electrons. The Bertz CT molecular complexity index is 580. The maximum atomic E-state index is 13.3. The summed E-state index contributed by atoms with van der Waals surface area (Å²) >= 11 is 1.05. The van der Waals surface area contributed by atoms with Crippen LogP contribution in [0.25, 0.3) is 0 Å². The van der Waals surface area contributed by atoms with Gasteiger partial charge in [0.1, 0.15) is 11.5 Å². The molecule has 3 nitrogen and oxygen atoms in total. The van der Waals surface area contributed by atoms with Gasteiger partial charge in [0, 0.05) is 5.56 Å². The standard InChI is InChI=1S/C12H8F2O3S/c13-8-2-1-3-9(10(8)14)17-6-7-4-5-18-11(7)12(15)16/h1-5H,6H2,(H,15,16). The number of carboxylic acid groups (broad SMARTS) is 1. The Morgan fingerprint density at radius 3 is 2.83 bits per heavy atom. The lowest BCUT2D eigenvalue weighted by atomic mass is 10.2. The van der Waals surface area contributed by atoms with E-state index in [2.05, 4.69) is 0 Å². The molecule has 0 aliphatic rings. The summed E-state index contributed by atoms with van der Waals surface area (Å²) in [7, 11) is 0. The fourth-order valence-electron chi connectivity index (χ4n) is 1.39. The summed E-state index contributed by atoms with van der Waals surface area (Å²) < 4.78 is 31.3. The monoisotopic (exact) mass is 270 g/mol. The second-order valence-electron chi connectivity index (χ2n) is 3.42. The highest BCUT2D eigenvalue weighted by Crippen LogP contribution is 2.23. The number of hydrogen-bond acceptors (Lipinski definition) is 3. The molecular formula is C12H8F2O3S. The first kappa shape index (κ1) is 12.5. The average molecular weight is 270 g/mol. The molecule has 0 bridgehead atoms. The van der Waals surface area contributed by atoms with Crippen molar-refractivity contribution in [1.82, 2.24) is 0 Å². The quantitative estimate of drug-likeness (QED) is 0.927. The fourth-order valence-corrected chi connectivity index (χ4v) is 2.14. The summed E-state index contributed by atoms with van der Waals surface area (Å²) in [4.78, 5) is 11.0. The van der Waals surface area contributed by atoms with E-state index in [4.69, 9.17) is 9.84 Å². The molecule has 18 heavy (non-hydrogen) atoms. The van der Waals surface area contributed by atoms with Crippen LogP contribution in [0.3, 0.4) is 0 Å². The zero-order valence-corrected chi connectivity index (χ0v) is 9.84. The van der Waals surface area contributed by atoms with E-state index in [9.17, 15) is 13.6 Å². The Balaban J connectivity index is 2.14. The fraction of sp³-hybridized carbons (Fsp3) is 0.0833. The van der Waals surface area contributed by atoms with Gasteiger partial charge in [-0.3, -0.25) is 0 Å². The summed E-state index contributed by atoms with van der Waals surface area (Å²) in [6.07, 6.45) is 0. The van der Waals surface area contributed by atoms with Crippen LogP contribution in [0.5, 0.6) is 5.75 Å². The van der Waals surface area contributed by atoms with E-state index in [0.717, 1.165) is 17.4 Å². The average Bonchev–Trinajstić information content (AvgIpc) is 2.79. The molecule has 0 amide bonds. The van der Waals surface area contributed by atoms with E-state index in [0.29, 0.717) is 5.56 Å². The molecule has 0 aliphatic carbocycles. The summed E-state index contributed by atoms with van der Waals surface area (Å²) in [6, 6.07) is 5.16. The van der Waals surface area contributed by atoms with Crippen LogP contribution in [-0.2, 0) is 6.61 Å². The molecule has 0 fully saturated rings. The van der Waals surface area contributed by atoms with Crippen LogP contribution in [-0.4, -0.2) is 11.1 Å². The zero-order valence-electron chi connectivity index (χ0n) is 9.02. The minimum atomic E-state index is -1.08. The number of aromatic carboxylic acids is 1. The van der Waals surface area contributed by atoms with Crippen molar-refractivity contribution >= 4 is 17.3 Å². The summed E-state index contributed by atoms with van der Waals surface area (Å²) in [5, 5.41) is 10.5. The van der Waals surface area contributed by atoms with Crippen molar-refractivity contribution in [3.63, 3.8) is 0 Å². The number of ether oxygens (including phenoxy) is 1. The number of carbonyl (C=O) groups is 1. The molecule has 0 saturated heterocycles. The van der Waals surface area contributed by atoms with Gasteiger partial charge in [-0.25, -0.2) is 9.18 Å². The molecule has 2 aromatic rings. The molecule has 94 valence electrons. The number of carboxylic acids is 1. The third-order valence-electron chi connectivity index (χ3n) is 2.24. The lowest BCUT2D eigenvalue weighted by Crippen LogP contribution is -2.03. The summed E-state index contributed by atoms with van der Waals surface area (Å²) in [5.74, 6) is -3.39. The Morgan fingerprint density at radius 1 is 1.33 bits per heavy atom. The third kappa shape index (κ3) is 2.48. The van der Waals surface area contributed by atoms with E-state index < -0.39 is 17.6 Å². The van der Waals surface area contributed by atoms with Gasteiger partial charge in [-0.05, 0) is 23.6 Å². The predicted octanol–water partition coefficient (Wildman–Crippen LogP) is 3.30. The number of thiophene rings is 1. The molecule has 1 N–H and O–H groups in total. The van der Waals surface area contributed by atoms with Crippen molar-refractivity contribution in [3.8, 4) is 5.75 Å². The lowest BCUT2D eigenvalue weighted by molar-refractivity contribution is 0.0699. The van der Waals surface area contributed by atoms with Crippen molar-refractivity contribution in [2.75, 3.05) is 0 Å². The Hall–Kier alpha value is -1.95. The minimum Gasteiger partial charge on any atom is -0.486 e. The van der Waals surface area contributed by atoms with Gasteiger partial charge in [-0.15, -0.1) is 11.3 Å². The first-order valence-electron chi connectivity index (χ1n) is 4.96. The Morgan fingerprint density at radius 2 is 2.11 bits per heavy atom.